The number of aromatic nitrogens is 4. The van der Waals surface area contributed by atoms with E-state index >= 15 is 0 Å². The highest BCUT2D eigenvalue weighted by Gasteiger charge is 2.22. The van der Waals surface area contributed by atoms with E-state index < -0.39 is 0 Å². The molecule has 57 heavy (non-hydrogen) atoms. The zero-order valence-corrected chi connectivity index (χ0v) is 30.4. The van der Waals surface area contributed by atoms with E-state index in [2.05, 4.69) is 120 Å². The van der Waals surface area contributed by atoms with E-state index in [1.54, 1.807) is 0 Å². The number of para-hydroxylation sites is 6. The minimum absolute atomic E-state index is 0.522. The van der Waals surface area contributed by atoms with Crippen LogP contribution in [0, 0.1) is 0 Å². The molecule has 0 aliphatic rings. The monoisotopic (exact) mass is 730 g/mol. The SMILES string of the molecule is c1ccc(-c2nc(-c3cccc4c3oc3ccccc34)nc(-c3cccc4c3oc3c(-c5ccc6c(c5)c5ccccc5n6-c5ccccc5)cccc34)n2)cc1. The van der Waals surface area contributed by atoms with Crippen LogP contribution in [-0.2, 0) is 0 Å². The molecule has 4 heterocycles. The van der Waals surface area contributed by atoms with Crippen molar-refractivity contribution in [3.63, 3.8) is 0 Å². The van der Waals surface area contributed by atoms with Crippen LogP contribution in [0.5, 0.6) is 0 Å². The van der Waals surface area contributed by atoms with Gasteiger partial charge in [-0.1, -0.05) is 133 Å². The molecule has 0 bridgehead atoms. The average molecular weight is 731 g/mol. The molecule has 12 rings (SSSR count). The fraction of sp³-hybridized carbons (Fsp3) is 0. The van der Waals surface area contributed by atoms with Crippen molar-refractivity contribution in [1.29, 1.82) is 0 Å². The van der Waals surface area contributed by atoms with Gasteiger partial charge in [-0.25, -0.2) is 15.0 Å². The molecule has 0 saturated carbocycles. The summed E-state index contributed by atoms with van der Waals surface area (Å²) >= 11 is 0. The first kappa shape index (κ1) is 31.5. The van der Waals surface area contributed by atoms with Crippen LogP contribution in [0.25, 0.3) is 117 Å². The molecule has 266 valence electrons. The Hall–Kier alpha value is -7.83. The highest BCUT2D eigenvalue weighted by molar-refractivity contribution is 6.15. The van der Waals surface area contributed by atoms with Crippen molar-refractivity contribution in [3.05, 3.63) is 182 Å². The maximum Gasteiger partial charge on any atom is 0.167 e. The Morgan fingerprint density at radius 2 is 0.860 bits per heavy atom. The van der Waals surface area contributed by atoms with Crippen molar-refractivity contribution >= 4 is 65.7 Å². The minimum atomic E-state index is 0.522. The number of hydrogen-bond donors (Lipinski definition) is 0. The van der Waals surface area contributed by atoms with Gasteiger partial charge in [-0.2, -0.15) is 0 Å². The Labute approximate surface area is 325 Å². The van der Waals surface area contributed by atoms with E-state index in [0.717, 1.165) is 82.9 Å². The van der Waals surface area contributed by atoms with Crippen LogP contribution >= 0.6 is 0 Å². The number of benzene rings is 8. The lowest BCUT2D eigenvalue weighted by molar-refractivity contribution is 0.669. The summed E-state index contributed by atoms with van der Waals surface area (Å²) in [4.78, 5) is 15.3. The van der Waals surface area contributed by atoms with E-state index in [4.69, 9.17) is 23.8 Å². The Morgan fingerprint density at radius 3 is 1.60 bits per heavy atom. The Kier molecular flexibility index (Phi) is 6.83. The van der Waals surface area contributed by atoms with Gasteiger partial charge in [-0.15, -0.1) is 0 Å². The second-order valence-corrected chi connectivity index (χ2v) is 14.3. The fourth-order valence-corrected chi connectivity index (χ4v) is 8.48. The Balaban J connectivity index is 1.06. The number of nitrogens with zero attached hydrogens (tertiary/aromatic N) is 4. The molecule has 6 heteroatoms. The lowest BCUT2D eigenvalue weighted by Crippen LogP contribution is -2.00. The van der Waals surface area contributed by atoms with Crippen LogP contribution in [0.1, 0.15) is 0 Å². The standard InChI is InChI=1S/C51H30N4O2/c1-3-14-31(15-4-1)49-52-50(40-24-12-21-37-36-19-8-10-27-45(36)56-47(37)40)54-51(53-49)41-25-13-23-39-38-22-11-20-34(46(38)57-48(39)41)32-28-29-44-42(30-32)35-18-7-9-26-43(35)55(44)33-16-5-2-6-17-33/h1-30H. The van der Waals surface area contributed by atoms with Crippen molar-refractivity contribution in [2.75, 3.05) is 0 Å². The molecule has 0 spiro atoms. The van der Waals surface area contributed by atoms with Gasteiger partial charge >= 0.3 is 0 Å². The molecular weight excluding hydrogens is 701 g/mol. The van der Waals surface area contributed by atoms with Crippen LogP contribution in [0.3, 0.4) is 0 Å². The highest BCUT2D eigenvalue weighted by atomic mass is 16.3. The zero-order chi connectivity index (χ0) is 37.5. The normalized spacial score (nSPS) is 11.9. The van der Waals surface area contributed by atoms with E-state index in [1.165, 1.54) is 16.3 Å². The third-order valence-corrected chi connectivity index (χ3v) is 11.1. The van der Waals surface area contributed by atoms with Gasteiger partial charge in [0.25, 0.3) is 0 Å². The largest absolute Gasteiger partial charge is 0.455 e. The van der Waals surface area contributed by atoms with Crippen molar-refractivity contribution in [2.24, 2.45) is 0 Å². The zero-order valence-electron chi connectivity index (χ0n) is 30.4. The summed E-state index contributed by atoms with van der Waals surface area (Å²) < 4.78 is 15.8. The first-order valence-corrected chi connectivity index (χ1v) is 19.0. The van der Waals surface area contributed by atoms with Crippen molar-refractivity contribution in [2.45, 2.75) is 0 Å². The molecule has 0 amide bonds. The summed E-state index contributed by atoms with van der Waals surface area (Å²) in [6, 6.07) is 62.7. The average Bonchev–Trinajstić information content (AvgIpc) is 3.96. The molecule has 0 aliphatic carbocycles. The number of furan rings is 2. The number of fused-ring (bicyclic) bond motifs is 9. The second kappa shape index (κ2) is 12.3. The minimum Gasteiger partial charge on any atom is -0.455 e. The molecular formula is C51H30N4O2. The van der Waals surface area contributed by atoms with Gasteiger partial charge in [-0.3, -0.25) is 0 Å². The van der Waals surface area contributed by atoms with Crippen molar-refractivity contribution < 1.29 is 8.83 Å². The second-order valence-electron chi connectivity index (χ2n) is 14.3. The van der Waals surface area contributed by atoms with Gasteiger partial charge in [0.15, 0.2) is 17.5 Å². The van der Waals surface area contributed by atoms with Gasteiger partial charge in [0, 0.05) is 49.1 Å². The molecule has 0 radical (unpaired) electrons. The van der Waals surface area contributed by atoms with Gasteiger partial charge in [0.1, 0.15) is 22.3 Å². The van der Waals surface area contributed by atoms with Gasteiger partial charge in [-0.05, 0) is 54.1 Å². The third kappa shape index (κ3) is 4.87. The predicted molar refractivity (Wildman–Crippen MR) is 230 cm³/mol. The summed E-state index contributed by atoms with van der Waals surface area (Å²) in [6.07, 6.45) is 0. The van der Waals surface area contributed by atoms with Gasteiger partial charge < -0.3 is 13.4 Å². The first-order valence-electron chi connectivity index (χ1n) is 19.0. The van der Waals surface area contributed by atoms with Crippen LogP contribution in [-0.4, -0.2) is 19.5 Å². The lowest BCUT2D eigenvalue weighted by atomic mass is 10.00. The van der Waals surface area contributed by atoms with E-state index in [-0.39, 0.29) is 0 Å². The molecule has 0 fully saturated rings. The third-order valence-electron chi connectivity index (χ3n) is 11.1. The summed E-state index contributed by atoms with van der Waals surface area (Å²) in [5.41, 5.74) is 11.1. The molecule has 0 unspecified atom stereocenters. The summed E-state index contributed by atoms with van der Waals surface area (Å²) in [5, 5.41) is 6.48. The lowest BCUT2D eigenvalue weighted by Gasteiger charge is -2.09. The molecule has 6 nitrogen and oxygen atoms in total. The van der Waals surface area contributed by atoms with Crippen molar-refractivity contribution in [1.82, 2.24) is 19.5 Å². The van der Waals surface area contributed by atoms with Gasteiger partial charge in [0.2, 0.25) is 0 Å². The number of hydrogen-bond acceptors (Lipinski definition) is 5. The van der Waals surface area contributed by atoms with Crippen LogP contribution in [0.4, 0.5) is 0 Å². The van der Waals surface area contributed by atoms with Crippen molar-refractivity contribution in [3.8, 4) is 51.0 Å². The molecule has 12 aromatic rings. The van der Waals surface area contributed by atoms with Crippen LogP contribution in [0.2, 0.25) is 0 Å². The maximum absolute atomic E-state index is 6.97. The molecule has 0 N–H and O–H groups in total. The van der Waals surface area contributed by atoms with Crippen LogP contribution < -0.4 is 0 Å². The summed E-state index contributed by atoms with van der Waals surface area (Å²) in [6.45, 7) is 0. The Morgan fingerprint density at radius 1 is 0.333 bits per heavy atom. The Bertz CT molecular complexity index is 3530. The quantitative estimate of drug-likeness (QED) is 0.176. The van der Waals surface area contributed by atoms with E-state index in [0.29, 0.717) is 17.5 Å². The van der Waals surface area contributed by atoms with E-state index in [1.807, 2.05) is 66.7 Å². The molecule has 8 aromatic carbocycles. The molecule has 0 aliphatic heterocycles. The summed E-state index contributed by atoms with van der Waals surface area (Å²) in [5.74, 6) is 1.62. The van der Waals surface area contributed by atoms with E-state index in [9.17, 15) is 0 Å². The maximum atomic E-state index is 6.97. The van der Waals surface area contributed by atoms with Gasteiger partial charge in [0.05, 0.1) is 22.2 Å². The molecule has 0 atom stereocenters. The highest BCUT2D eigenvalue weighted by Crippen LogP contribution is 2.42. The summed E-state index contributed by atoms with van der Waals surface area (Å²) in [7, 11) is 0. The van der Waals surface area contributed by atoms with Crippen LogP contribution in [0.15, 0.2) is 191 Å². The first-order chi connectivity index (χ1) is 28.3. The smallest absolute Gasteiger partial charge is 0.167 e. The topological polar surface area (TPSA) is 69.9 Å². The molecule has 0 saturated heterocycles. The predicted octanol–water partition coefficient (Wildman–Crippen LogP) is 13.4. The molecule has 4 aromatic heterocycles. The number of rotatable bonds is 5. The fourth-order valence-electron chi connectivity index (χ4n) is 8.48.